The average Bonchev–Trinajstić information content (AvgIpc) is 2.79. The monoisotopic (exact) mass is 271 g/mol. The van der Waals surface area contributed by atoms with Crippen molar-refractivity contribution >= 4 is 22.5 Å². The Labute approximate surface area is 116 Å². The van der Waals surface area contributed by atoms with E-state index in [1.165, 1.54) is 10.9 Å². The second-order valence-corrected chi connectivity index (χ2v) is 4.89. The van der Waals surface area contributed by atoms with E-state index >= 15 is 0 Å². The molecule has 0 aliphatic carbocycles. The third-order valence-corrected chi connectivity index (χ3v) is 3.41. The first-order valence-corrected chi connectivity index (χ1v) is 6.65. The van der Waals surface area contributed by atoms with E-state index in [0.717, 1.165) is 17.8 Å². The van der Waals surface area contributed by atoms with Crippen molar-refractivity contribution in [1.29, 1.82) is 0 Å². The van der Waals surface area contributed by atoms with Gasteiger partial charge < -0.3 is 4.57 Å². The Hall–Kier alpha value is -1.87. The maximum Gasteiger partial charge on any atom is 0.133 e. The van der Waals surface area contributed by atoms with Crippen LogP contribution in [0, 0.1) is 6.92 Å². The quantitative estimate of drug-likeness (QED) is 0.658. The summed E-state index contributed by atoms with van der Waals surface area (Å²) in [5.74, 6) is 0.688. The molecule has 0 aliphatic rings. The first kappa shape index (κ1) is 12.2. The van der Waals surface area contributed by atoms with Gasteiger partial charge in [-0.3, -0.25) is 0 Å². The number of hydrogen-bond acceptors (Lipinski definition) is 2. The van der Waals surface area contributed by atoms with Crippen LogP contribution in [0.25, 0.3) is 22.2 Å². The van der Waals surface area contributed by atoms with Gasteiger partial charge in [-0.05, 0) is 31.4 Å². The van der Waals surface area contributed by atoms with E-state index in [1.807, 2.05) is 6.92 Å². The van der Waals surface area contributed by atoms with Crippen molar-refractivity contribution in [3.63, 3.8) is 0 Å². The Kier molecular flexibility index (Phi) is 2.99. The summed E-state index contributed by atoms with van der Waals surface area (Å²) in [6.07, 6.45) is 2.10. The van der Waals surface area contributed by atoms with E-state index in [0.29, 0.717) is 11.0 Å². The molecule has 2 heterocycles. The van der Waals surface area contributed by atoms with Crippen LogP contribution in [0.4, 0.5) is 0 Å². The highest BCUT2D eigenvalue weighted by Gasteiger charge is 2.06. The normalized spacial score (nSPS) is 11.1. The Bertz CT molecular complexity index is 726. The minimum Gasteiger partial charge on any atom is -0.348 e. The highest BCUT2D eigenvalue weighted by Crippen LogP contribution is 2.25. The molecule has 0 spiro atoms. The van der Waals surface area contributed by atoms with Crippen LogP contribution in [0.5, 0.6) is 0 Å². The molecule has 19 heavy (non-hydrogen) atoms. The first-order chi connectivity index (χ1) is 9.17. The molecule has 0 radical (unpaired) electrons. The zero-order chi connectivity index (χ0) is 13.4. The predicted octanol–water partition coefficient (Wildman–Crippen LogP) is 4.08. The van der Waals surface area contributed by atoms with E-state index in [1.54, 1.807) is 6.07 Å². The van der Waals surface area contributed by atoms with Gasteiger partial charge in [0.2, 0.25) is 0 Å². The molecule has 2 aromatic heterocycles. The molecule has 0 unspecified atom stereocenters. The molecule has 0 atom stereocenters. The van der Waals surface area contributed by atoms with Crippen molar-refractivity contribution in [1.82, 2.24) is 14.5 Å². The molecule has 4 heteroatoms. The van der Waals surface area contributed by atoms with Crippen molar-refractivity contribution in [2.45, 2.75) is 20.4 Å². The highest BCUT2D eigenvalue weighted by molar-refractivity contribution is 6.29. The summed E-state index contributed by atoms with van der Waals surface area (Å²) in [5, 5.41) is 1.72. The number of nitrogens with zero attached hydrogens (tertiary/aromatic N) is 3. The third-order valence-electron chi connectivity index (χ3n) is 3.22. The zero-order valence-electron chi connectivity index (χ0n) is 10.9. The van der Waals surface area contributed by atoms with Crippen LogP contribution in [0.3, 0.4) is 0 Å². The van der Waals surface area contributed by atoms with Crippen molar-refractivity contribution in [2.24, 2.45) is 0 Å². The number of aryl methyl sites for hydroxylation is 2. The molecular weight excluding hydrogens is 258 g/mol. The van der Waals surface area contributed by atoms with Gasteiger partial charge in [0.1, 0.15) is 11.0 Å². The number of rotatable bonds is 2. The van der Waals surface area contributed by atoms with Crippen molar-refractivity contribution < 1.29 is 0 Å². The van der Waals surface area contributed by atoms with Crippen LogP contribution in [-0.4, -0.2) is 14.5 Å². The summed E-state index contributed by atoms with van der Waals surface area (Å²) in [5.41, 5.74) is 3.14. The fourth-order valence-electron chi connectivity index (χ4n) is 2.30. The fraction of sp³-hybridized carbons (Fsp3) is 0.200. The number of aromatic nitrogens is 3. The van der Waals surface area contributed by atoms with Crippen LogP contribution >= 0.6 is 11.6 Å². The van der Waals surface area contributed by atoms with Crippen LogP contribution < -0.4 is 0 Å². The third kappa shape index (κ3) is 2.22. The van der Waals surface area contributed by atoms with Gasteiger partial charge in [0.25, 0.3) is 0 Å². The molecular formula is C15H14ClN3. The largest absolute Gasteiger partial charge is 0.348 e. The molecule has 0 fully saturated rings. The number of fused-ring (bicyclic) bond motifs is 1. The molecule has 0 bridgehead atoms. The molecule has 3 aromatic rings. The maximum absolute atomic E-state index is 6.00. The number of benzene rings is 1. The van der Waals surface area contributed by atoms with Crippen LogP contribution in [-0.2, 0) is 6.54 Å². The van der Waals surface area contributed by atoms with Gasteiger partial charge in [-0.25, -0.2) is 9.97 Å². The second kappa shape index (κ2) is 4.67. The minimum atomic E-state index is 0.480. The van der Waals surface area contributed by atoms with Gasteiger partial charge in [-0.15, -0.1) is 0 Å². The van der Waals surface area contributed by atoms with E-state index in [-0.39, 0.29) is 0 Å². The Morgan fingerprint density at radius 3 is 2.74 bits per heavy atom. The molecule has 0 N–H and O–H groups in total. The fourth-order valence-corrected chi connectivity index (χ4v) is 2.52. The van der Waals surface area contributed by atoms with Gasteiger partial charge >= 0.3 is 0 Å². The Morgan fingerprint density at radius 1 is 1.16 bits per heavy atom. The molecule has 0 amide bonds. The van der Waals surface area contributed by atoms with Crippen molar-refractivity contribution in [2.75, 3.05) is 0 Å². The van der Waals surface area contributed by atoms with Gasteiger partial charge in [-0.2, -0.15) is 0 Å². The lowest BCUT2D eigenvalue weighted by Crippen LogP contribution is -1.93. The predicted molar refractivity (Wildman–Crippen MR) is 78.4 cm³/mol. The molecule has 0 saturated carbocycles. The Balaban J connectivity index is 2.19. The summed E-state index contributed by atoms with van der Waals surface area (Å²) >= 11 is 6.00. The van der Waals surface area contributed by atoms with Crippen LogP contribution in [0.15, 0.2) is 36.5 Å². The first-order valence-electron chi connectivity index (χ1n) is 6.28. The van der Waals surface area contributed by atoms with Crippen LogP contribution in [0.2, 0.25) is 5.15 Å². The Morgan fingerprint density at radius 2 is 2.00 bits per heavy atom. The van der Waals surface area contributed by atoms with E-state index in [4.69, 9.17) is 11.6 Å². The highest BCUT2D eigenvalue weighted by atomic mass is 35.5. The molecule has 3 nitrogen and oxygen atoms in total. The van der Waals surface area contributed by atoms with E-state index in [2.05, 4.69) is 51.9 Å². The molecule has 96 valence electrons. The topological polar surface area (TPSA) is 30.7 Å². The summed E-state index contributed by atoms with van der Waals surface area (Å²) in [6, 6.07) is 10.3. The number of halogens is 1. The molecule has 3 rings (SSSR count). The van der Waals surface area contributed by atoms with Crippen molar-refractivity contribution in [3.05, 3.63) is 47.5 Å². The molecule has 0 saturated heterocycles. The smallest absolute Gasteiger partial charge is 0.133 e. The minimum absolute atomic E-state index is 0.480. The standard InChI is InChI=1S/C15H14ClN3/c1-3-19-7-6-11-4-5-12(8-14(11)19)13-9-15(16)18-10(2)17-13/h4-9H,3H2,1-2H3. The average molecular weight is 272 g/mol. The maximum atomic E-state index is 6.00. The van der Waals surface area contributed by atoms with E-state index < -0.39 is 0 Å². The number of hydrogen-bond donors (Lipinski definition) is 0. The molecule has 0 aliphatic heterocycles. The van der Waals surface area contributed by atoms with Gasteiger partial charge in [0.15, 0.2) is 0 Å². The van der Waals surface area contributed by atoms with Gasteiger partial charge in [0.05, 0.1) is 5.69 Å². The lowest BCUT2D eigenvalue weighted by Gasteiger charge is -2.05. The lowest BCUT2D eigenvalue weighted by atomic mass is 10.1. The zero-order valence-corrected chi connectivity index (χ0v) is 11.6. The summed E-state index contributed by atoms with van der Waals surface area (Å²) in [6.45, 7) is 4.94. The van der Waals surface area contributed by atoms with Crippen molar-refractivity contribution in [3.8, 4) is 11.3 Å². The van der Waals surface area contributed by atoms with E-state index in [9.17, 15) is 0 Å². The van der Waals surface area contributed by atoms with Crippen LogP contribution in [0.1, 0.15) is 12.7 Å². The molecule has 1 aromatic carbocycles. The summed E-state index contributed by atoms with van der Waals surface area (Å²) in [7, 11) is 0. The summed E-state index contributed by atoms with van der Waals surface area (Å²) in [4.78, 5) is 8.54. The van der Waals surface area contributed by atoms with Gasteiger partial charge in [-0.1, -0.05) is 23.7 Å². The lowest BCUT2D eigenvalue weighted by molar-refractivity contribution is 0.798. The van der Waals surface area contributed by atoms with Gasteiger partial charge in [0, 0.05) is 29.9 Å². The summed E-state index contributed by atoms with van der Waals surface area (Å²) < 4.78 is 2.22. The SMILES string of the molecule is CCn1ccc2ccc(-c3cc(Cl)nc(C)n3)cc21. The second-order valence-electron chi connectivity index (χ2n) is 4.50.